The van der Waals surface area contributed by atoms with Gasteiger partial charge in [0.05, 0.1) is 0 Å². The predicted octanol–water partition coefficient (Wildman–Crippen LogP) is 5.24. The van der Waals surface area contributed by atoms with Gasteiger partial charge in [-0.25, -0.2) is 13.8 Å². The number of carbonyl (C=O) groups excluding carboxylic acids is 1. The number of carbonyl (C=O) groups is 1. The molecule has 1 aromatic heterocycles. The molecule has 3 aromatic rings. The van der Waals surface area contributed by atoms with Gasteiger partial charge in [-0.15, -0.1) is 0 Å². The second-order valence-corrected chi connectivity index (χ2v) is 6.51. The summed E-state index contributed by atoms with van der Waals surface area (Å²) in [5.41, 5.74) is 6.43. The van der Waals surface area contributed by atoms with Crippen molar-refractivity contribution in [3.05, 3.63) is 64.5 Å². The predicted molar refractivity (Wildman–Crippen MR) is 97.7 cm³/mol. The summed E-state index contributed by atoms with van der Waals surface area (Å²) in [5, 5.41) is 3.20. The van der Waals surface area contributed by atoms with E-state index in [0.717, 1.165) is 11.3 Å². The minimum Gasteiger partial charge on any atom is -0.435 e. The van der Waals surface area contributed by atoms with Crippen molar-refractivity contribution < 1.29 is 27.1 Å². The van der Waals surface area contributed by atoms with Gasteiger partial charge in [-0.05, 0) is 36.4 Å². The molecular weight excluding hydrogens is 398 g/mol. The molecule has 0 aliphatic carbocycles. The van der Waals surface area contributed by atoms with E-state index in [0.29, 0.717) is 10.8 Å². The van der Waals surface area contributed by atoms with E-state index >= 15 is 0 Å². The van der Waals surface area contributed by atoms with Gasteiger partial charge in [-0.3, -0.25) is 4.79 Å². The minimum atomic E-state index is -2.96. The van der Waals surface area contributed by atoms with Gasteiger partial charge in [0, 0.05) is 16.8 Å². The fourth-order valence-electron chi connectivity index (χ4n) is 2.30. The molecule has 3 N–H and O–H groups in total. The molecule has 0 unspecified atom stereocenters. The molecule has 10 heteroatoms. The number of hydrogen-bond donors (Lipinski definition) is 2. The highest BCUT2D eigenvalue weighted by Gasteiger charge is 2.18. The van der Waals surface area contributed by atoms with Crippen LogP contribution in [0.4, 0.5) is 34.2 Å². The number of anilines is 3. The maximum atomic E-state index is 12.6. The molecule has 0 radical (unpaired) electrons. The smallest absolute Gasteiger partial charge is 0.387 e. The summed E-state index contributed by atoms with van der Waals surface area (Å²) in [6.07, 6.45) is -2.56. The first kappa shape index (κ1) is 19.6. The average molecular weight is 411 g/mol. The molecule has 5 nitrogen and oxygen atoms in total. The minimum absolute atomic E-state index is 0.00499. The Morgan fingerprint density at radius 2 is 1.68 bits per heavy atom. The summed E-state index contributed by atoms with van der Waals surface area (Å²) >= 11 is 0.986. The molecule has 28 heavy (non-hydrogen) atoms. The van der Waals surface area contributed by atoms with Crippen molar-refractivity contribution in [3.63, 3.8) is 0 Å². The maximum Gasteiger partial charge on any atom is 0.387 e. The number of nitrogens with two attached hydrogens (primary N) is 1. The Morgan fingerprint density at radius 1 is 1.04 bits per heavy atom. The normalized spacial score (nSPS) is 11.1. The van der Waals surface area contributed by atoms with Gasteiger partial charge < -0.3 is 15.8 Å². The zero-order chi connectivity index (χ0) is 20.3. The fourth-order valence-corrected chi connectivity index (χ4v) is 3.17. The standard InChI is InChI=1S/C18H13F4N3O2S/c19-15(20)10-1-5-11(6-2-10)24-18-25-16(23)14(28-18)13(26)9-3-7-12(8-4-9)27-17(21)22/h1-8,15,17H,23H2,(H,24,25). The van der Waals surface area contributed by atoms with Crippen LogP contribution in [0, 0.1) is 0 Å². The first-order valence-electron chi connectivity index (χ1n) is 7.84. The fraction of sp³-hybridized carbons (Fsp3) is 0.111. The van der Waals surface area contributed by atoms with Crippen LogP contribution in [0.1, 0.15) is 27.2 Å². The third-order valence-corrected chi connectivity index (χ3v) is 4.60. The molecule has 1 heterocycles. The van der Waals surface area contributed by atoms with Gasteiger partial charge >= 0.3 is 6.61 Å². The van der Waals surface area contributed by atoms with Crippen molar-refractivity contribution in [1.29, 1.82) is 0 Å². The Morgan fingerprint density at radius 3 is 2.25 bits per heavy atom. The Labute approximate surface area is 160 Å². The van der Waals surface area contributed by atoms with Crippen LogP contribution >= 0.6 is 11.3 Å². The third kappa shape index (κ3) is 4.58. The molecular formula is C18H13F4N3O2S. The van der Waals surface area contributed by atoms with Gasteiger partial charge in [0.2, 0.25) is 5.78 Å². The van der Waals surface area contributed by atoms with E-state index in [4.69, 9.17) is 5.73 Å². The number of rotatable bonds is 7. The van der Waals surface area contributed by atoms with Crippen LogP contribution in [-0.4, -0.2) is 17.4 Å². The summed E-state index contributed by atoms with van der Waals surface area (Å²) in [4.78, 5) is 16.8. The molecule has 0 bridgehead atoms. The zero-order valence-electron chi connectivity index (χ0n) is 14.0. The third-order valence-electron chi connectivity index (χ3n) is 3.62. The number of aromatic nitrogens is 1. The lowest BCUT2D eigenvalue weighted by Crippen LogP contribution is -2.04. The number of nitrogen functional groups attached to an aromatic ring is 1. The molecule has 0 atom stereocenters. The molecule has 3 rings (SSSR count). The number of thiazole rings is 1. The van der Waals surface area contributed by atoms with Crippen LogP contribution in [0.25, 0.3) is 0 Å². The lowest BCUT2D eigenvalue weighted by molar-refractivity contribution is -0.0498. The number of nitrogens with zero attached hydrogens (tertiary/aromatic N) is 1. The van der Waals surface area contributed by atoms with E-state index in [2.05, 4.69) is 15.0 Å². The molecule has 0 aliphatic rings. The van der Waals surface area contributed by atoms with Crippen molar-refractivity contribution in [1.82, 2.24) is 4.98 Å². The van der Waals surface area contributed by atoms with Crippen LogP contribution in [0.2, 0.25) is 0 Å². The monoisotopic (exact) mass is 411 g/mol. The largest absolute Gasteiger partial charge is 0.435 e. The quantitative estimate of drug-likeness (QED) is 0.411. The van der Waals surface area contributed by atoms with Gasteiger partial charge in [0.1, 0.15) is 16.4 Å². The summed E-state index contributed by atoms with van der Waals surface area (Å²) in [7, 11) is 0. The number of benzene rings is 2. The average Bonchev–Trinajstić information content (AvgIpc) is 3.02. The second kappa shape index (κ2) is 8.26. The van der Waals surface area contributed by atoms with E-state index in [1.54, 1.807) is 0 Å². The first-order valence-corrected chi connectivity index (χ1v) is 8.66. The summed E-state index contributed by atoms with van der Waals surface area (Å²) in [6.45, 7) is -2.96. The molecule has 0 saturated heterocycles. The van der Waals surface area contributed by atoms with Crippen LogP contribution in [-0.2, 0) is 0 Å². The summed E-state index contributed by atoms with van der Waals surface area (Å²) < 4.78 is 53.8. The van der Waals surface area contributed by atoms with Crippen LogP contribution < -0.4 is 15.8 Å². The van der Waals surface area contributed by atoms with Crippen molar-refractivity contribution in [2.24, 2.45) is 0 Å². The van der Waals surface area contributed by atoms with E-state index in [1.807, 2.05) is 0 Å². The van der Waals surface area contributed by atoms with E-state index in [9.17, 15) is 22.4 Å². The van der Waals surface area contributed by atoms with Crippen molar-refractivity contribution in [2.45, 2.75) is 13.0 Å². The van der Waals surface area contributed by atoms with Crippen molar-refractivity contribution in [3.8, 4) is 5.75 Å². The molecule has 2 aromatic carbocycles. The SMILES string of the molecule is Nc1nc(Nc2ccc(C(F)F)cc2)sc1C(=O)c1ccc(OC(F)F)cc1. The zero-order valence-corrected chi connectivity index (χ0v) is 14.9. The molecule has 0 spiro atoms. The maximum absolute atomic E-state index is 12.6. The van der Waals surface area contributed by atoms with E-state index < -0.39 is 18.8 Å². The van der Waals surface area contributed by atoms with Crippen LogP contribution in [0.5, 0.6) is 5.75 Å². The molecule has 146 valence electrons. The number of halogens is 4. The van der Waals surface area contributed by atoms with Crippen molar-refractivity contribution in [2.75, 3.05) is 11.1 Å². The number of nitrogens with one attached hydrogen (secondary N) is 1. The Balaban J connectivity index is 1.75. The Bertz CT molecular complexity index is 960. The first-order chi connectivity index (χ1) is 13.3. The van der Waals surface area contributed by atoms with Crippen molar-refractivity contribution >= 4 is 33.8 Å². The van der Waals surface area contributed by atoms with E-state index in [1.165, 1.54) is 48.5 Å². The van der Waals surface area contributed by atoms with Gasteiger partial charge in [-0.1, -0.05) is 23.5 Å². The molecule has 0 amide bonds. The van der Waals surface area contributed by atoms with Gasteiger partial charge in [0.25, 0.3) is 6.43 Å². The second-order valence-electron chi connectivity index (χ2n) is 5.51. The Kier molecular flexibility index (Phi) is 5.78. The highest BCUT2D eigenvalue weighted by Crippen LogP contribution is 2.31. The number of ether oxygens (including phenoxy) is 1. The number of hydrogen-bond acceptors (Lipinski definition) is 6. The molecule has 0 aliphatic heterocycles. The van der Waals surface area contributed by atoms with Crippen LogP contribution in [0.3, 0.4) is 0 Å². The van der Waals surface area contributed by atoms with E-state index in [-0.39, 0.29) is 27.6 Å². The topological polar surface area (TPSA) is 77.2 Å². The Hall–Kier alpha value is -3.14. The van der Waals surface area contributed by atoms with Gasteiger partial charge in [0.15, 0.2) is 5.13 Å². The molecule has 0 fully saturated rings. The summed E-state index contributed by atoms with van der Waals surface area (Å²) in [6, 6.07) is 10.7. The lowest BCUT2D eigenvalue weighted by Gasteiger charge is -2.05. The summed E-state index contributed by atoms with van der Waals surface area (Å²) in [5.74, 6) is -0.507. The van der Waals surface area contributed by atoms with Crippen LogP contribution in [0.15, 0.2) is 48.5 Å². The number of alkyl halides is 4. The highest BCUT2D eigenvalue weighted by molar-refractivity contribution is 7.18. The highest BCUT2D eigenvalue weighted by atomic mass is 32.1. The molecule has 0 saturated carbocycles. The number of ketones is 1. The van der Waals surface area contributed by atoms with Gasteiger partial charge in [-0.2, -0.15) is 8.78 Å². The lowest BCUT2D eigenvalue weighted by atomic mass is 10.1.